The van der Waals surface area contributed by atoms with Crippen molar-refractivity contribution in [2.75, 3.05) is 6.61 Å². The van der Waals surface area contributed by atoms with E-state index < -0.39 is 5.82 Å². The third kappa shape index (κ3) is 2.89. The highest BCUT2D eigenvalue weighted by molar-refractivity contribution is 6.29. The Labute approximate surface area is 100 Å². The van der Waals surface area contributed by atoms with Gasteiger partial charge in [0.05, 0.1) is 5.69 Å². The molecule has 1 rings (SSSR count). The molecule has 0 saturated carbocycles. The fraction of sp³-hybridized carbons (Fsp3) is 0.636. The summed E-state index contributed by atoms with van der Waals surface area (Å²) in [7, 11) is 0. The van der Waals surface area contributed by atoms with Crippen LogP contribution in [0.5, 0.6) is 0 Å². The van der Waals surface area contributed by atoms with Crippen molar-refractivity contribution in [3.05, 3.63) is 22.5 Å². The van der Waals surface area contributed by atoms with Crippen LogP contribution >= 0.6 is 11.6 Å². The summed E-state index contributed by atoms with van der Waals surface area (Å²) in [6, 6.07) is 0. The lowest BCUT2D eigenvalue weighted by molar-refractivity contribution is 0.0229. The fourth-order valence-electron chi connectivity index (χ4n) is 1.42. The highest BCUT2D eigenvalue weighted by Gasteiger charge is 2.21. The van der Waals surface area contributed by atoms with Gasteiger partial charge in [0, 0.05) is 6.61 Å². The van der Waals surface area contributed by atoms with Crippen molar-refractivity contribution in [1.82, 2.24) is 9.97 Å². The summed E-state index contributed by atoms with van der Waals surface area (Å²) in [5.41, 5.74) is 0.250. The fourth-order valence-corrected chi connectivity index (χ4v) is 1.64. The number of aryl methyl sites for hydroxylation is 1. The Hall–Kier alpha value is -0.740. The van der Waals surface area contributed by atoms with Crippen molar-refractivity contribution in [3.8, 4) is 0 Å². The lowest BCUT2D eigenvalue weighted by atomic mass is 10.1. The molecule has 0 fully saturated rings. The quantitative estimate of drug-likeness (QED) is 0.765. The van der Waals surface area contributed by atoms with Crippen LogP contribution in [0.15, 0.2) is 0 Å². The van der Waals surface area contributed by atoms with Crippen molar-refractivity contribution in [2.24, 2.45) is 5.92 Å². The summed E-state index contributed by atoms with van der Waals surface area (Å²) >= 11 is 5.69. The van der Waals surface area contributed by atoms with E-state index in [0.29, 0.717) is 12.4 Å². The van der Waals surface area contributed by atoms with Crippen LogP contribution in [0, 0.1) is 18.7 Å². The zero-order valence-corrected chi connectivity index (χ0v) is 10.7. The monoisotopic (exact) mass is 246 g/mol. The van der Waals surface area contributed by atoms with Gasteiger partial charge in [-0.15, -0.1) is 0 Å². The molecular weight excluding hydrogens is 231 g/mol. The second-order valence-electron chi connectivity index (χ2n) is 3.89. The smallest absolute Gasteiger partial charge is 0.181 e. The first kappa shape index (κ1) is 13.3. The summed E-state index contributed by atoms with van der Waals surface area (Å²) in [6.45, 7) is 8.01. The molecule has 0 aromatic carbocycles. The Morgan fingerprint density at radius 1 is 1.38 bits per heavy atom. The SMILES string of the molecule is CCOC(c1nc(C)c(F)c(Cl)n1)C(C)C. The van der Waals surface area contributed by atoms with Gasteiger partial charge in [-0.2, -0.15) is 0 Å². The van der Waals surface area contributed by atoms with Crippen LogP contribution in [-0.4, -0.2) is 16.6 Å². The molecule has 1 atom stereocenters. The Balaban J connectivity index is 3.10. The largest absolute Gasteiger partial charge is 0.370 e. The molecule has 0 spiro atoms. The van der Waals surface area contributed by atoms with E-state index in [9.17, 15) is 4.39 Å². The zero-order valence-electron chi connectivity index (χ0n) is 9.92. The lowest BCUT2D eigenvalue weighted by Crippen LogP contribution is -2.16. The number of hydrogen-bond acceptors (Lipinski definition) is 3. The maximum atomic E-state index is 13.3. The highest BCUT2D eigenvalue weighted by Crippen LogP contribution is 2.25. The number of aromatic nitrogens is 2. The molecule has 0 bridgehead atoms. The van der Waals surface area contributed by atoms with Crippen LogP contribution in [0.2, 0.25) is 5.15 Å². The van der Waals surface area contributed by atoms with Gasteiger partial charge in [-0.1, -0.05) is 25.4 Å². The van der Waals surface area contributed by atoms with E-state index in [0.717, 1.165) is 0 Å². The lowest BCUT2D eigenvalue weighted by Gasteiger charge is -2.19. The van der Waals surface area contributed by atoms with Crippen molar-refractivity contribution in [1.29, 1.82) is 0 Å². The molecule has 1 aromatic rings. The first-order valence-electron chi connectivity index (χ1n) is 5.28. The molecule has 0 aliphatic carbocycles. The van der Waals surface area contributed by atoms with Gasteiger partial charge in [-0.3, -0.25) is 0 Å². The van der Waals surface area contributed by atoms with Gasteiger partial charge in [-0.05, 0) is 19.8 Å². The first-order chi connectivity index (χ1) is 7.47. The molecule has 0 aliphatic rings. The van der Waals surface area contributed by atoms with E-state index in [4.69, 9.17) is 16.3 Å². The van der Waals surface area contributed by atoms with E-state index in [1.165, 1.54) is 0 Å². The van der Waals surface area contributed by atoms with Crippen molar-refractivity contribution in [2.45, 2.75) is 33.8 Å². The van der Waals surface area contributed by atoms with Crippen LogP contribution < -0.4 is 0 Å². The third-order valence-corrected chi connectivity index (χ3v) is 2.45. The molecule has 0 radical (unpaired) electrons. The normalized spacial score (nSPS) is 13.2. The third-order valence-electron chi connectivity index (χ3n) is 2.20. The van der Waals surface area contributed by atoms with E-state index in [1.54, 1.807) is 6.92 Å². The van der Waals surface area contributed by atoms with E-state index in [2.05, 4.69) is 9.97 Å². The van der Waals surface area contributed by atoms with E-state index >= 15 is 0 Å². The van der Waals surface area contributed by atoms with Crippen LogP contribution in [0.1, 0.15) is 38.4 Å². The van der Waals surface area contributed by atoms with Gasteiger partial charge in [0.25, 0.3) is 0 Å². The number of nitrogens with zero attached hydrogens (tertiary/aromatic N) is 2. The molecular formula is C11H16ClFN2O. The molecule has 0 saturated heterocycles. The molecule has 5 heteroatoms. The topological polar surface area (TPSA) is 35.0 Å². The van der Waals surface area contributed by atoms with Crippen molar-refractivity contribution in [3.63, 3.8) is 0 Å². The summed E-state index contributed by atoms with van der Waals surface area (Å²) < 4.78 is 18.8. The average Bonchev–Trinajstić information content (AvgIpc) is 2.21. The summed E-state index contributed by atoms with van der Waals surface area (Å²) in [6.07, 6.45) is -0.248. The molecule has 1 unspecified atom stereocenters. The second kappa shape index (κ2) is 5.55. The Bertz CT molecular complexity index is 348. The molecule has 0 aliphatic heterocycles. The zero-order chi connectivity index (χ0) is 12.3. The number of rotatable bonds is 4. The van der Waals surface area contributed by atoms with Crippen molar-refractivity contribution < 1.29 is 9.13 Å². The molecule has 1 aromatic heterocycles. The maximum absolute atomic E-state index is 13.3. The second-order valence-corrected chi connectivity index (χ2v) is 4.25. The van der Waals surface area contributed by atoms with Gasteiger partial charge in [-0.25, -0.2) is 14.4 Å². The molecule has 0 N–H and O–H groups in total. The van der Waals surface area contributed by atoms with Gasteiger partial charge >= 0.3 is 0 Å². The van der Waals surface area contributed by atoms with Crippen LogP contribution in [0.25, 0.3) is 0 Å². The molecule has 3 nitrogen and oxygen atoms in total. The molecule has 90 valence electrons. The van der Waals surface area contributed by atoms with Gasteiger partial charge in [0.15, 0.2) is 16.8 Å². The van der Waals surface area contributed by atoms with Crippen molar-refractivity contribution >= 4 is 11.6 Å². The average molecular weight is 247 g/mol. The Morgan fingerprint density at radius 2 is 2.00 bits per heavy atom. The summed E-state index contributed by atoms with van der Waals surface area (Å²) in [5, 5.41) is -0.146. The number of halogens is 2. The standard InChI is InChI=1S/C11H16ClFN2O/c1-5-16-9(6(2)3)11-14-7(4)8(13)10(12)15-11/h6,9H,5H2,1-4H3. The van der Waals surface area contributed by atoms with Crippen LogP contribution in [0.3, 0.4) is 0 Å². The predicted molar refractivity (Wildman–Crippen MR) is 60.9 cm³/mol. The van der Waals surface area contributed by atoms with E-state index in [1.807, 2.05) is 20.8 Å². The molecule has 16 heavy (non-hydrogen) atoms. The highest BCUT2D eigenvalue weighted by atomic mass is 35.5. The van der Waals surface area contributed by atoms with Crippen LogP contribution in [0.4, 0.5) is 4.39 Å². The summed E-state index contributed by atoms with van der Waals surface area (Å²) in [5.74, 6) is 0.0889. The minimum atomic E-state index is -0.565. The number of hydrogen-bond donors (Lipinski definition) is 0. The van der Waals surface area contributed by atoms with E-state index in [-0.39, 0.29) is 22.9 Å². The van der Waals surface area contributed by atoms with Crippen LogP contribution in [-0.2, 0) is 4.74 Å². The predicted octanol–water partition coefficient (Wildman–Crippen LogP) is 3.31. The number of ether oxygens (including phenoxy) is 1. The Kier molecular flexibility index (Phi) is 4.62. The Morgan fingerprint density at radius 3 is 2.44 bits per heavy atom. The molecule has 1 heterocycles. The molecule has 0 amide bonds. The first-order valence-corrected chi connectivity index (χ1v) is 5.66. The summed E-state index contributed by atoms with van der Waals surface area (Å²) in [4.78, 5) is 8.01. The maximum Gasteiger partial charge on any atom is 0.181 e. The van der Waals surface area contributed by atoms with Gasteiger partial charge in [0.1, 0.15) is 6.10 Å². The van der Waals surface area contributed by atoms with Gasteiger partial charge < -0.3 is 4.74 Å². The minimum absolute atomic E-state index is 0.146. The van der Waals surface area contributed by atoms with Gasteiger partial charge in [0.2, 0.25) is 0 Å². The minimum Gasteiger partial charge on any atom is -0.370 e.